The lowest BCUT2D eigenvalue weighted by Crippen LogP contribution is -2.33. The summed E-state index contributed by atoms with van der Waals surface area (Å²) in [4.78, 5) is 22.7. The first-order chi connectivity index (χ1) is 11.8. The van der Waals surface area contributed by atoms with Crippen LogP contribution in [-0.4, -0.2) is 42.9 Å². The molecule has 0 bridgehead atoms. The summed E-state index contributed by atoms with van der Waals surface area (Å²) in [5.41, 5.74) is 0.940. The lowest BCUT2D eigenvalue weighted by molar-refractivity contribution is 0.221. The topological polar surface area (TPSA) is 75.9 Å². The van der Waals surface area contributed by atoms with Gasteiger partial charge in [0.15, 0.2) is 5.82 Å². The van der Waals surface area contributed by atoms with Crippen LogP contribution in [0.3, 0.4) is 0 Å². The van der Waals surface area contributed by atoms with E-state index in [2.05, 4.69) is 19.7 Å². The van der Waals surface area contributed by atoms with Crippen molar-refractivity contribution in [3.63, 3.8) is 0 Å². The van der Waals surface area contributed by atoms with Crippen LogP contribution >= 0.6 is 11.5 Å². The monoisotopic (exact) mass is 340 g/mol. The second-order valence-electron chi connectivity index (χ2n) is 5.62. The van der Waals surface area contributed by atoms with Gasteiger partial charge in [0, 0.05) is 42.6 Å². The Balaban J connectivity index is 1.39. The molecule has 0 saturated carbocycles. The van der Waals surface area contributed by atoms with E-state index in [1.165, 1.54) is 11.5 Å². The Morgan fingerprint density at radius 3 is 2.96 bits per heavy atom. The first kappa shape index (κ1) is 14.8. The van der Waals surface area contributed by atoms with Gasteiger partial charge in [0.1, 0.15) is 0 Å². The van der Waals surface area contributed by atoms with Crippen LogP contribution in [0.1, 0.15) is 12.5 Å². The number of benzene rings is 1. The molecule has 1 aliphatic rings. The Bertz CT molecular complexity index is 816. The molecule has 7 nitrogen and oxygen atoms in total. The van der Waals surface area contributed by atoms with Crippen molar-refractivity contribution < 1.29 is 4.79 Å². The van der Waals surface area contributed by atoms with Crippen molar-refractivity contribution in [2.45, 2.75) is 12.5 Å². The van der Waals surface area contributed by atoms with Crippen LogP contribution in [0.4, 0.5) is 9.93 Å². The summed E-state index contributed by atoms with van der Waals surface area (Å²) in [5, 5.41) is 3.37. The van der Waals surface area contributed by atoms with E-state index in [-0.39, 0.29) is 12.1 Å². The van der Waals surface area contributed by atoms with Gasteiger partial charge in [-0.25, -0.2) is 9.78 Å². The van der Waals surface area contributed by atoms with E-state index in [0.717, 1.165) is 18.5 Å². The first-order valence-electron chi connectivity index (χ1n) is 7.72. The maximum atomic E-state index is 12.4. The number of hydrogen-bond donors (Lipinski definition) is 1. The fraction of sp³-hybridized carbons (Fsp3) is 0.250. The zero-order valence-electron chi connectivity index (χ0n) is 12.9. The van der Waals surface area contributed by atoms with Crippen LogP contribution in [0, 0.1) is 0 Å². The molecule has 1 fully saturated rings. The maximum absolute atomic E-state index is 12.4. The van der Waals surface area contributed by atoms with Crippen LogP contribution in [-0.2, 0) is 0 Å². The van der Waals surface area contributed by atoms with Crippen molar-refractivity contribution in [3.05, 3.63) is 49.1 Å². The Kier molecular flexibility index (Phi) is 3.96. The van der Waals surface area contributed by atoms with E-state index in [0.29, 0.717) is 17.5 Å². The average molecular weight is 340 g/mol. The normalized spacial score (nSPS) is 17.2. The third-order valence-corrected chi connectivity index (χ3v) is 4.70. The fourth-order valence-electron chi connectivity index (χ4n) is 2.80. The molecule has 0 radical (unpaired) electrons. The van der Waals surface area contributed by atoms with Crippen molar-refractivity contribution in [3.8, 4) is 11.4 Å². The zero-order valence-corrected chi connectivity index (χ0v) is 13.7. The first-order valence-corrected chi connectivity index (χ1v) is 8.49. The molecule has 1 atom stereocenters. The molecule has 1 unspecified atom stereocenters. The van der Waals surface area contributed by atoms with Crippen molar-refractivity contribution in [2.24, 2.45) is 0 Å². The molecule has 3 heterocycles. The minimum Gasteiger partial charge on any atom is -0.333 e. The van der Waals surface area contributed by atoms with Crippen molar-refractivity contribution in [1.82, 2.24) is 23.8 Å². The highest BCUT2D eigenvalue weighted by atomic mass is 32.1. The van der Waals surface area contributed by atoms with E-state index in [9.17, 15) is 4.79 Å². The Morgan fingerprint density at radius 2 is 2.17 bits per heavy atom. The maximum Gasteiger partial charge on any atom is 0.323 e. The molecule has 24 heavy (non-hydrogen) atoms. The van der Waals surface area contributed by atoms with Gasteiger partial charge in [0.2, 0.25) is 5.13 Å². The molecule has 8 heteroatoms. The van der Waals surface area contributed by atoms with E-state index in [1.54, 1.807) is 17.4 Å². The predicted octanol–water partition coefficient (Wildman–Crippen LogP) is 2.88. The number of rotatable bonds is 3. The third kappa shape index (κ3) is 3.00. The lowest BCUT2D eigenvalue weighted by atomic mass is 10.2. The number of anilines is 1. The molecule has 4 rings (SSSR count). The third-order valence-electron chi connectivity index (χ3n) is 4.07. The minimum atomic E-state index is -0.131. The molecule has 1 aliphatic heterocycles. The van der Waals surface area contributed by atoms with Crippen molar-refractivity contribution in [1.29, 1.82) is 0 Å². The number of urea groups is 1. The highest BCUT2D eigenvalue weighted by molar-refractivity contribution is 7.10. The molecule has 1 aromatic carbocycles. The second kappa shape index (κ2) is 6.40. The Hall–Kier alpha value is -2.74. The molecule has 3 aromatic rings. The summed E-state index contributed by atoms with van der Waals surface area (Å²) in [6.07, 6.45) is 6.41. The van der Waals surface area contributed by atoms with E-state index in [1.807, 2.05) is 41.1 Å². The molecule has 122 valence electrons. The summed E-state index contributed by atoms with van der Waals surface area (Å²) >= 11 is 1.20. The molecule has 1 saturated heterocycles. The van der Waals surface area contributed by atoms with E-state index < -0.39 is 0 Å². The smallest absolute Gasteiger partial charge is 0.323 e. The summed E-state index contributed by atoms with van der Waals surface area (Å²) in [5.74, 6) is 0.633. The number of nitrogens with zero attached hydrogens (tertiary/aromatic N) is 5. The fourth-order valence-corrected chi connectivity index (χ4v) is 3.38. The average Bonchev–Trinajstić information content (AvgIpc) is 3.36. The van der Waals surface area contributed by atoms with E-state index >= 15 is 0 Å². The molecular formula is C16H16N6OS. The molecule has 0 spiro atoms. The lowest BCUT2D eigenvalue weighted by Gasteiger charge is -2.16. The van der Waals surface area contributed by atoms with Crippen LogP contribution in [0.2, 0.25) is 0 Å². The van der Waals surface area contributed by atoms with Gasteiger partial charge < -0.3 is 9.47 Å². The van der Waals surface area contributed by atoms with Crippen LogP contribution < -0.4 is 5.32 Å². The summed E-state index contributed by atoms with van der Waals surface area (Å²) in [7, 11) is 0. The second-order valence-corrected chi connectivity index (χ2v) is 6.37. The van der Waals surface area contributed by atoms with Gasteiger partial charge in [-0.1, -0.05) is 30.3 Å². The Labute approximate surface area is 143 Å². The number of imidazole rings is 1. The highest BCUT2D eigenvalue weighted by Crippen LogP contribution is 2.24. The highest BCUT2D eigenvalue weighted by Gasteiger charge is 2.27. The molecule has 2 amide bonds. The SMILES string of the molecule is O=C(Nc1nc(-c2ccccc2)ns1)N1CCC(n2ccnc2)C1. The standard InChI is InChI=1S/C16H16N6OS/c23-16(21-8-6-13(10-21)22-9-7-17-11-22)19-15-18-14(20-24-15)12-4-2-1-3-5-12/h1-5,7,9,11,13H,6,8,10H2,(H,18,19,20,23). The van der Waals surface area contributed by atoms with Gasteiger partial charge in [-0.05, 0) is 6.42 Å². The van der Waals surface area contributed by atoms with E-state index in [4.69, 9.17) is 0 Å². The number of aromatic nitrogens is 4. The largest absolute Gasteiger partial charge is 0.333 e. The summed E-state index contributed by atoms with van der Waals surface area (Å²) < 4.78 is 6.35. The van der Waals surface area contributed by atoms with Crippen LogP contribution in [0.15, 0.2) is 49.1 Å². The van der Waals surface area contributed by atoms with Gasteiger partial charge in [0.25, 0.3) is 0 Å². The summed E-state index contributed by atoms with van der Waals surface area (Å²) in [6, 6.07) is 9.88. The Morgan fingerprint density at radius 1 is 1.29 bits per heavy atom. The number of amides is 2. The number of likely N-dealkylation sites (tertiary alicyclic amines) is 1. The molecule has 0 aliphatic carbocycles. The van der Waals surface area contributed by atoms with Crippen molar-refractivity contribution >= 4 is 22.7 Å². The number of nitrogens with one attached hydrogen (secondary N) is 1. The van der Waals surface area contributed by atoms with Gasteiger partial charge in [-0.15, -0.1) is 0 Å². The summed E-state index contributed by atoms with van der Waals surface area (Å²) in [6.45, 7) is 1.39. The van der Waals surface area contributed by atoms with Crippen LogP contribution in [0.5, 0.6) is 0 Å². The number of carbonyl (C=O) groups excluding carboxylic acids is 1. The van der Waals surface area contributed by atoms with Gasteiger partial charge in [-0.2, -0.15) is 9.36 Å². The van der Waals surface area contributed by atoms with Crippen LogP contribution in [0.25, 0.3) is 11.4 Å². The number of hydrogen-bond acceptors (Lipinski definition) is 5. The molecular weight excluding hydrogens is 324 g/mol. The molecule has 1 N–H and O–H groups in total. The minimum absolute atomic E-state index is 0.131. The quantitative estimate of drug-likeness (QED) is 0.795. The predicted molar refractivity (Wildman–Crippen MR) is 91.8 cm³/mol. The van der Waals surface area contributed by atoms with Gasteiger partial charge in [0.05, 0.1) is 12.4 Å². The van der Waals surface area contributed by atoms with Gasteiger partial charge in [-0.3, -0.25) is 5.32 Å². The number of carbonyl (C=O) groups is 1. The molecule has 2 aromatic heterocycles. The zero-order chi connectivity index (χ0) is 16.4. The van der Waals surface area contributed by atoms with Gasteiger partial charge >= 0.3 is 6.03 Å². The van der Waals surface area contributed by atoms with Crippen molar-refractivity contribution in [2.75, 3.05) is 18.4 Å².